The first-order valence-corrected chi connectivity index (χ1v) is 17.3. The van der Waals surface area contributed by atoms with Crippen molar-refractivity contribution >= 4 is 6.16 Å². The zero-order valence-electron chi connectivity index (χ0n) is 28.4. The first-order valence-electron chi connectivity index (χ1n) is 17.3. The molecule has 0 bridgehead atoms. The predicted octanol–water partition coefficient (Wildman–Crippen LogP) is 13.3. The third kappa shape index (κ3) is 7.16. The first-order chi connectivity index (χ1) is 25.7. The van der Waals surface area contributed by atoms with E-state index in [4.69, 9.17) is 9.47 Å². The lowest BCUT2D eigenvalue weighted by atomic mass is 9.93. The van der Waals surface area contributed by atoms with Crippen LogP contribution in [0.2, 0.25) is 0 Å². The zero-order chi connectivity index (χ0) is 35.1. The Morgan fingerprint density at radius 3 is 0.788 bits per heavy atom. The quantitative estimate of drug-likeness (QED) is 0.119. The van der Waals surface area contributed by atoms with Gasteiger partial charge in [0, 0.05) is 0 Å². The van der Waals surface area contributed by atoms with Crippen LogP contribution in [0.15, 0.2) is 206 Å². The second-order valence-electron chi connectivity index (χ2n) is 12.5. The molecule has 52 heavy (non-hydrogen) atoms. The van der Waals surface area contributed by atoms with Gasteiger partial charge in [0.25, 0.3) is 0 Å². The standard InChI is InChI=1S/C49H34O3/c50-49(51-43-31-27-37(28-32-43)35-19-23-41(24-20-35)47-17-9-7-15-45(47)39-11-3-1-4-12-39)52-44-33-29-38(30-34-44)36-21-25-42(26-22-36)48-18-10-8-16-46(48)40-13-5-2-6-14-40/h1-34H. The topological polar surface area (TPSA) is 35.5 Å². The fourth-order valence-electron chi connectivity index (χ4n) is 6.54. The van der Waals surface area contributed by atoms with E-state index < -0.39 is 6.16 Å². The Morgan fingerprint density at radius 1 is 0.250 bits per heavy atom. The molecule has 3 heteroatoms. The smallest absolute Gasteiger partial charge is 0.395 e. The molecule has 0 saturated carbocycles. The second kappa shape index (κ2) is 14.9. The fourth-order valence-corrected chi connectivity index (χ4v) is 6.54. The van der Waals surface area contributed by atoms with Crippen molar-refractivity contribution in [1.29, 1.82) is 0 Å². The average Bonchev–Trinajstić information content (AvgIpc) is 3.22. The monoisotopic (exact) mass is 670 g/mol. The summed E-state index contributed by atoms with van der Waals surface area (Å²) in [5, 5.41) is 0. The predicted molar refractivity (Wildman–Crippen MR) is 212 cm³/mol. The van der Waals surface area contributed by atoms with Crippen molar-refractivity contribution in [2.45, 2.75) is 0 Å². The molecule has 0 heterocycles. The molecule has 0 aliphatic heterocycles. The molecule has 0 aromatic heterocycles. The maximum Gasteiger partial charge on any atom is 0.519 e. The molecule has 8 aromatic carbocycles. The highest BCUT2D eigenvalue weighted by atomic mass is 16.7. The molecule has 0 aliphatic carbocycles. The van der Waals surface area contributed by atoms with Crippen molar-refractivity contribution in [3.05, 3.63) is 206 Å². The van der Waals surface area contributed by atoms with Gasteiger partial charge in [-0.15, -0.1) is 0 Å². The number of benzene rings is 8. The zero-order valence-corrected chi connectivity index (χ0v) is 28.4. The Labute approximate surface area is 304 Å². The highest BCUT2D eigenvalue weighted by Gasteiger charge is 2.11. The van der Waals surface area contributed by atoms with E-state index >= 15 is 0 Å². The summed E-state index contributed by atoms with van der Waals surface area (Å²) < 4.78 is 11.0. The van der Waals surface area contributed by atoms with Crippen molar-refractivity contribution < 1.29 is 14.3 Å². The summed E-state index contributed by atoms with van der Waals surface area (Å²) in [5.41, 5.74) is 13.6. The Balaban J connectivity index is 0.888. The number of carbonyl (C=O) groups excluding carboxylic acids is 1. The van der Waals surface area contributed by atoms with Gasteiger partial charge in [-0.2, -0.15) is 0 Å². The van der Waals surface area contributed by atoms with E-state index in [0.717, 1.165) is 33.4 Å². The molecule has 0 radical (unpaired) electrons. The van der Waals surface area contributed by atoms with Crippen LogP contribution in [0.5, 0.6) is 11.5 Å². The molecule has 0 atom stereocenters. The van der Waals surface area contributed by atoms with Crippen LogP contribution < -0.4 is 9.47 Å². The van der Waals surface area contributed by atoms with Gasteiger partial charge in [-0.25, -0.2) is 4.79 Å². The molecular formula is C49H34O3. The third-order valence-corrected chi connectivity index (χ3v) is 9.19. The number of hydrogen-bond acceptors (Lipinski definition) is 3. The molecule has 248 valence electrons. The minimum absolute atomic E-state index is 0.410. The summed E-state index contributed by atoms with van der Waals surface area (Å²) in [6.45, 7) is 0. The van der Waals surface area contributed by atoms with E-state index in [1.807, 2.05) is 36.4 Å². The van der Waals surface area contributed by atoms with E-state index in [-0.39, 0.29) is 0 Å². The van der Waals surface area contributed by atoms with Crippen LogP contribution in [0.25, 0.3) is 66.8 Å². The third-order valence-electron chi connectivity index (χ3n) is 9.19. The van der Waals surface area contributed by atoms with Gasteiger partial charge in [-0.1, -0.05) is 182 Å². The minimum atomic E-state index is -0.789. The summed E-state index contributed by atoms with van der Waals surface area (Å²) in [7, 11) is 0. The summed E-state index contributed by atoms with van der Waals surface area (Å²) in [6.07, 6.45) is -0.789. The van der Waals surface area contributed by atoms with E-state index in [2.05, 4.69) is 146 Å². The molecule has 0 amide bonds. The summed E-state index contributed by atoms with van der Waals surface area (Å²) >= 11 is 0. The van der Waals surface area contributed by atoms with Crippen LogP contribution in [0.3, 0.4) is 0 Å². The van der Waals surface area contributed by atoms with E-state index in [0.29, 0.717) is 11.5 Å². The normalized spacial score (nSPS) is 10.8. The SMILES string of the molecule is O=C(Oc1ccc(-c2ccc(-c3ccccc3-c3ccccc3)cc2)cc1)Oc1ccc(-c2ccc(-c3ccccc3-c3ccccc3)cc2)cc1. The van der Waals surface area contributed by atoms with Crippen molar-refractivity contribution in [3.8, 4) is 78.3 Å². The number of hydrogen-bond donors (Lipinski definition) is 0. The Morgan fingerprint density at radius 2 is 0.481 bits per heavy atom. The van der Waals surface area contributed by atoms with Gasteiger partial charge in [0.15, 0.2) is 0 Å². The fraction of sp³-hybridized carbons (Fsp3) is 0. The van der Waals surface area contributed by atoms with Crippen molar-refractivity contribution in [3.63, 3.8) is 0 Å². The van der Waals surface area contributed by atoms with Crippen LogP contribution in [-0.4, -0.2) is 6.16 Å². The maximum absolute atomic E-state index is 12.7. The van der Waals surface area contributed by atoms with Gasteiger partial charge < -0.3 is 9.47 Å². The maximum atomic E-state index is 12.7. The number of ether oxygens (including phenoxy) is 2. The molecule has 0 fully saturated rings. The molecule has 3 nitrogen and oxygen atoms in total. The van der Waals surface area contributed by atoms with Crippen LogP contribution in [-0.2, 0) is 0 Å². The molecule has 0 spiro atoms. The number of carbonyl (C=O) groups is 1. The summed E-state index contributed by atoms with van der Waals surface area (Å²) in [4.78, 5) is 12.7. The van der Waals surface area contributed by atoms with Crippen molar-refractivity contribution in [1.82, 2.24) is 0 Å². The van der Waals surface area contributed by atoms with Crippen molar-refractivity contribution in [2.24, 2.45) is 0 Å². The Kier molecular flexibility index (Phi) is 9.22. The molecule has 0 aliphatic rings. The van der Waals surface area contributed by atoms with Gasteiger partial charge >= 0.3 is 6.16 Å². The lowest BCUT2D eigenvalue weighted by Gasteiger charge is -2.11. The lowest BCUT2D eigenvalue weighted by molar-refractivity contribution is 0.152. The number of rotatable bonds is 8. The first kappa shape index (κ1) is 32.2. The average molecular weight is 671 g/mol. The Hall–Kier alpha value is -6.97. The molecule has 0 N–H and O–H groups in total. The van der Waals surface area contributed by atoms with Crippen LogP contribution in [0.1, 0.15) is 0 Å². The van der Waals surface area contributed by atoms with E-state index in [1.54, 1.807) is 24.3 Å². The minimum Gasteiger partial charge on any atom is -0.395 e. The largest absolute Gasteiger partial charge is 0.519 e. The lowest BCUT2D eigenvalue weighted by Crippen LogP contribution is -2.13. The van der Waals surface area contributed by atoms with Gasteiger partial charge in [-0.05, 0) is 91.0 Å². The molecule has 0 saturated heterocycles. The Bertz CT molecular complexity index is 2240. The van der Waals surface area contributed by atoms with Crippen LogP contribution >= 0.6 is 0 Å². The van der Waals surface area contributed by atoms with Gasteiger partial charge in [0.05, 0.1) is 0 Å². The molecular weight excluding hydrogens is 637 g/mol. The summed E-state index contributed by atoms with van der Waals surface area (Å²) in [5.74, 6) is 0.820. The van der Waals surface area contributed by atoms with Gasteiger partial charge in [-0.3, -0.25) is 0 Å². The summed E-state index contributed by atoms with van der Waals surface area (Å²) in [6, 6.07) is 69.7. The van der Waals surface area contributed by atoms with E-state index in [9.17, 15) is 4.79 Å². The second-order valence-corrected chi connectivity index (χ2v) is 12.5. The highest BCUT2D eigenvalue weighted by molar-refractivity contribution is 5.85. The molecule has 8 aromatic rings. The van der Waals surface area contributed by atoms with Gasteiger partial charge in [0.1, 0.15) is 11.5 Å². The van der Waals surface area contributed by atoms with E-state index in [1.165, 1.54) is 33.4 Å². The van der Waals surface area contributed by atoms with Gasteiger partial charge in [0.2, 0.25) is 0 Å². The van der Waals surface area contributed by atoms with Crippen molar-refractivity contribution in [2.75, 3.05) is 0 Å². The molecule has 0 unspecified atom stereocenters. The van der Waals surface area contributed by atoms with Crippen LogP contribution in [0, 0.1) is 0 Å². The molecule has 8 rings (SSSR count). The van der Waals surface area contributed by atoms with Crippen LogP contribution in [0.4, 0.5) is 4.79 Å². The highest BCUT2D eigenvalue weighted by Crippen LogP contribution is 2.35.